The molecule has 124 valence electrons. The van der Waals surface area contributed by atoms with Crippen molar-refractivity contribution in [1.82, 2.24) is 14.1 Å². The van der Waals surface area contributed by atoms with Gasteiger partial charge in [-0.05, 0) is 37.1 Å². The van der Waals surface area contributed by atoms with Gasteiger partial charge in [0.2, 0.25) is 0 Å². The predicted octanol–water partition coefficient (Wildman–Crippen LogP) is 3.64. The number of hydrogen-bond acceptors (Lipinski definition) is 2. The van der Waals surface area contributed by atoms with Gasteiger partial charge >= 0.3 is 11.1 Å². The largest absolute Gasteiger partial charge is 0.322 e. The molecule has 0 radical (unpaired) electrons. The minimum absolute atomic E-state index is 0.0785. The van der Waals surface area contributed by atoms with Crippen molar-refractivity contribution in [2.24, 2.45) is 0 Å². The van der Waals surface area contributed by atoms with Gasteiger partial charge in [0, 0.05) is 18.4 Å². The highest BCUT2D eigenvalue weighted by Gasteiger charge is 2.21. The summed E-state index contributed by atoms with van der Waals surface area (Å²) >= 11 is 6.39. The first kappa shape index (κ1) is 15.3. The van der Waals surface area contributed by atoms with E-state index < -0.39 is 11.1 Å². The second-order valence-electron chi connectivity index (χ2n) is 6.33. The van der Waals surface area contributed by atoms with Gasteiger partial charge in [0.1, 0.15) is 0 Å². The molecule has 0 bridgehead atoms. The standard InChI is InChI=1S/C18H18ClN3O2/c19-13-10-14-16(11-15(13)21-8-4-5-9-21)22(18(24)17(23)20-14)12-6-2-1-3-7-12/h4-5,8-12H,1-3,6-7H2,(H,20,23). The molecule has 1 aliphatic rings. The zero-order valence-corrected chi connectivity index (χ0v) is 13.9. The summed E-state index contributed by atoms with van der Waals surface area (Å²) in [7, 11) is 0. The van der Waals surface area contributed by atoms with Crippen molar-refractivity contribution in [1.29, 1.82) is 0 Å². The van der Waals surface area contributed by atoms with Gasteiger partial charge in [-0.15, -0.1) is 0 Å². The highest BCUT2D eigenvalue weighted by molar-refractivity contribution is 6.33. The second kappa shape index (κ2) is 5.98. The van der Waals surface area contributed by atoms with Gasteiger partial charge in [0.25, 0.3) is 0 Å². The molecule has 1 saturated carbocycles. The minimum Gasteiger partial charge on any atom is -0.322 e. The van der Waals surface area contributed by atoms with Gasteiger partial charge in [-0.3, -0.25) is 14.2 Å². The number of nitrogens with zero attached hydrogens (tertiary/aromatic N) is 2. The van der Waals surface area contributed by atoms with E-state index in [1.807, 2.05) is 35.2 Å². The molecule has 0 atom stereocenters. The molecule has 2 heterocycles. The van der Waals surface area contributed by atoms with Crippen molar-refractivity contribution < 1.29 is 0 Å². The lowest BCUT2D eigenvalue weighted by Gasteiger charge is -2.25. The molecule has 0 unspecified atom stereocenters. The Balaban J connectivity index is 2.01. The van der Waals surface area contributed by atoms with Crippen LogP contribution < -0.4 is 11.1 Å². The molecule has 1 aromatic carbocycles. The van der Waals surface area contributed by atoms with Crippen LogP contribution in [0.2, 0.25) is 5.02 Å². The number of benzene rings is 1. The average molecular weight is 344 g/mol. The first-order chi connectivity index (χ1) is 11.6. The van der Waals surface area contributed by atoms with E-state index in [-0.39, 0.29) is 6.04 Å². The van der Waals surface area contributed by atoms with Gasteiger partial charge < -0.3 is 9.55 Å². The van der Waals surface area contributed by atoms with Crippen LogP contribution in [0.15, 0.2) is 46.2 Å². The fourth-order valence-electron chi connectivity index (χ4n) is 3.64. The molecular weight excluding hydrogens is 326 g/mol. The molecule has 1 fully saturated rings. The van der Waals surface area contributed by atoms with Crippen molar-refractivity contribution >= 4 is 22.6 Å². The molecule has 6 heteroatoms. The third-order valence-corrected chi connectivity index (χ3v) is 5.11. The zero-order chi connectivity index (χ0) is 16.7. The summed E-state index contributed by atoms with van der Waals surface area (Å²) in [5, 5.41) is 0.531. The molecule has 0 aliphatic heterocycles. The van der Waals surface area contributed by atoms with Crippen molar-refractivity contribution in [2.45, 2.75) is 38.1 Å². The fourth-order valence-corrected chi connectivity index (χ4v) is 3.90. The topological polar surface area (TPSA) is 59.8 Å². The van der Waals surface area contributed by atoms with Crippen LogP contribution in [0.25, 0.3) is 16.7 Å². The first-order valence-corrected chi connectivity index (χ1v) is 8.64. The Morgan fingerprint density at radius 2 is 1.75 bits per heavy atom. The third kappa shape index (κ3) is 2.49. The monoisotopic (exact) mass is 343 g/mol. The van der Waals surface area contributed by atoms with Crippen LogP contribution in [0.4, 0.5) is 0 Å². The molecule has 24 heavy (non-hydrogen) atoms. The van der Waals surface area contributed by atoms with Crippen LogP contribution in [-0.2, 0) is 0 Å². The number of aromatic nitrogens is 3. The summed E-state index contributed by atoms with van der Waals surface area (Å²) in [6.07, 6.45) is 9.03. The number of H-pyrrole nitrogens is 1. The molecule has 3 aromatic rings. The maximum absolute atomic E-state index is 12.5. The molecule has 4 rings (SSSR count). The van der Waals surface area contributed by atoms with Gasteiger partial charge in [-0.25, -0.2) is 0 Å². The molecule has 0 amide bonds. The van der Waals surface area contributed by atoms with E-state index in [1.54, 1.807) is 10.6 Å². The number of aromatic amines is 1. The van der Waals surface area contributed by atoms with Crippen LogP contribution >= 0.6 is 11.6 Å². The second-order valence-corrected chi connectivity index (χ2v) is 6.74. The Morgan fingerprint density at radius 1 is 1.04 bits per heavy atom. The van der Waals surface area contributed by atoms with E-state index in [0.29, 0.717) is 10.5 Å². The zero-order valence-electron chi connectivity index (χ0n) is 13.2. The number of halogens is 1. The van der Waals surface area contributed by atoms with Crippen LogP contribution in [0.3, 0.4) is 0 Å². The number of rotatable bonds is 2. The highest BCUT2D eigenvalue weighted by atomic mass is 35.5. The molecule has 0 spiro atoms. The normalized spacial score (nSPS) is 15.9. The predicted molar refractivity (Wildman–Crippen MR) is 95.3 cm³/mol. The van der Waals surface area contributed by atoms with Gasteiger partial charge in [0.05, 0.1) is 21.7 Å². The summed E-state index contributed by atoms with van der Waals surface area (Å²) in [6, 6.07) is 7.54. The molecule has 0 saturated heterocycles. The Hall–Kier alpha value is -2.27. The lowest BCUT2D eigenvalue weighted by Crippen LogP contribution is -2.39. The maximum atomic E-state index is 12.5. The quantitative estimate of drug-likeness (QED) is 0.722. The average Bonchev–Trinajstić information content (AvgIpc) is 3.11. The highest BCUT2D eigenvalue weighted by Crippen LogP contribution is 2.31. The lowest BCUT2D eigenvalue weighted by molar-refractivity contribution is 0.352. The van der Waals surface area contributed by atoms with Crippen molar-refractivity contribution in [3.05, 3.63) is 62.4 Å². The Kier molecular flexibility index (Phi) is 3.81. The Morgan fingerprint density at radius 3 is 2.46 bits per heavy atom. The molecule has 1 N–H and O–H groups in total. The lowest BCUT2D eigenvalue weighted by atomic mass is 9.95. The van der Waals surface area contributed by atoms with E-state index in [2.05, 4.69) is 4.98 Å². The van der Waals surface area contributed by atoms with E-state index in [1.165, 1.54) is 6.42 Å². The van der Waals surface area contributed by atoms with Crippen LogP contribution in [0.1, 0.15) is 38.1 Å². The van der Waals surface area contributed by atoms with Crippen molar-refractivity contribution in [3.8, 4) is 5.69 Å². The summed E-state index contributed by atoms with van der Waals surface area (Å²) in [6.45, 7) is 0. The van der Waals surface area contributed by atoms with Gasteiger partial charge in [-0.1, -0.05) is 30.9 Å². The smallest absolute Gasteiger partial charge is 0.316 e. The molecular formula is C18H18ClN3O2. The Labute approximate surface area is 143 Å². The van der Waals surface area contributed by atoms with E-state index in [0.717, 1.165) is 36.9 Å². The maximum Gasteiger partial charge on any atom is 0.316 e. The fraction of sp³-hybridized carbons (Fsp3) is 0.333. The number of hydrogen-bond donors (Lipinski definition) is 1. The summed E-state index contributed by atoms with van der Waals surface area (Å²) < 4.78 is 3.58. The van der Waals surface area contributed by atoms with Crippen LogP contribution in [-0.4, -0.2) is 14.1 Å². The van der Waals surface area contributed by atoms with E-state index >= 15 is 0 Å². The third-order valence-electron chi connectivity index (χ3n) is 4.81. The van der Waals surface area contributed by atoms with Crippen LogP contribution in [0.5, 0.6) is 0 Å². The van der Waals surface area contributed by atoms with E-state index in [9.17, 15) is 9.59 Å². The number of nitrogens with one attached hydrogen (secondary N) is 1. The molecule has 2 aromatic heterocycles. The summed E-state index contributed by atoms with van der Waals surface area (Å²) in [5.74, 6) is 0. The Bertz CT molecular complexity index is 996. The molecule has 5 nitrogen and oxygen atoms in total. The summed E-state index contributed by atoms with van der Waals surface area (Å²) in [5.41, 5.74) is 1.07. The van der Waals surface area contributed by atoms with Gasteiger partial charge in [0.15, 0.2) is 0 Å². The van der Waals surface area contributed by atoms with Crippen molar-refractivity contribution in [3.63, 3.8) is 0 Å². The van der Waals surface area contributed by atoms with Crippen LogP contribution in [0, 0.1) is 0 Å². The SMILES string of the molecule is O=c1[nH]c2cc(Cl)c(-n3cccc3)cc2n(C2CCCCC2)c1=O. The summed E-state index contributed by atoms with van der Waals surface area (Å²) in [4.78, 5) is 27.3. The van der Waals surface area contributed by atoms with Gasteiger partial charge in [-0.2, -0.15) is 0 Å². The van der Waals surface area contributed by atoms with E-state index in [4.69, 9.17) is 11.6 Å². The first-order valence-electron chi connectivity index (χ1n) is 8.26. The van der Waals surface area contributed by atoms with Crippen molar-refractivity contribution in [2.75, 3.05) is 0 Å². The minimum atomic E-state index is -0.585. The number of fused-ring (bicyclic) bond motifs is 1. The molecule has 1 aliphatic carbocycles.